The predicted molar refractivity (Wildman–Crippen MR) is 64.1 cm³/mol. The molecule has 0 N–H and O–H groups in total. The smallest absolute Gasteiger partial charge is 0.110 e. The molecule has 0 aliphatic heterocycles. The van der Waals surface area contributed by atoms with Gasteiger partial charge in [-0.3, -0.25) is 0 Å². The predicted octanol–water partition coefficient (Wildman–Crippen LogP) is 2.38. The van der Waals surface area contributed by atoms with E-state index in [9.17, 15) is 0 Å². The lowest BCUT2D eigenvalue weighted by atomic mass is 10.6. The molecule has 0 aliphatic carbocycles. The van der Waals surface area contributed by atoms with Gasteiger partial charge in [-0.15, -0.1) is 0 Å². The van der Waals surface area contributed by atoms with Gasteiger partial charge in [-0.05, 0) is 0 Å². The number of halogens is 1. The second kappa shape index (κ2) is 4.23. The highest BCUT2D eigenvalue weighted by Gasteiger charge is 2.25. The van der Waals surface area contributed by atoms with Crippen LogP contribution in [0, 0.1) is 0 Å². The van der Waals surface area contributed by atoms with Crippen LogP contribution in [-0.2, 0) is 0 Å². The Hall–Kier alpha value is 0.907. The maximum Gasteiger partial charge on any atom is 0.110 e. The molecule has 0 aromatic rings. The molecule has 11 heavy (non-hydrogen) atoms. The van der Waals surface area contributed by atoms with Gasteiger partial charge in [-0.1, -0.05) is 42.2 Å². The number of rotatable bonds is 4. The summed E-state index contributed by atoms with van der Waals surface area (Å²) in [7, 11) is 3.83. The summed E-state index contributed by atoms with van der Waals surface area (Å²) in [6.07, 6.45) is 1.40. The zero-order chi connectivity index (χ0) is 9.12. The van der Waals surface area contributed by atoms with Crippen molar-refractivity contribution in [1.29, 1.82) is 0 Å². The van der Waals surface area contributed by atoms with E-state index >= 15 is 0 Å². The highest BCUT2D eigenvalue weighted by molar-refractivity contribution is 14.1. The SMILES string of the molecule is C[N+](C)(CCI)C[Si](C)(C)C. The minimum Gasteiger partial charge on any atom is -0.331 e. The third-order valence-corrected chi connectivity index (χ3v) is 3.88. The first kappa shape index (κ1) is 11.9. The van der Waals surface area contributed by atoms with Crippen LogP contribution >= 0.6 is 22.6 Å². The van der Waals surface area contributed by atoms with Crippen LogP contribution in [0.4, 0.5) is 0 Å². The van der Waals surface area contributed by atoms with E-state index in [2.05, 4.69) is 56.3 Å². The van der Waals surface area contributed by atoms with Gasteiger partial charge in [-0.2, -0.15) is 0 Å². The summed E-state index contributed by atoms with van der Waals surface area (Å²) in [5, 5.41) is 0. The van der Waals surface area contributed by atoms with E-state index in [1.165, 1.54) is 21.6 Å². The van der Waals surface area contributed by atoms with Crippen LogP contribution in [0.25, 0.3) is 0 Å². The van der Waals surface area contributed by atoms with Crippen molar-refractivity contribution in [2.75, 3.05) is 31.2 Å². The molecule has 0 radical (unpaired) electrons. The summed E-state index contributed by atoms with van der Waals surface area (Å²) in [5.74, 6) is 0. The molecule has 0 atom stereocenters. The van der Waals surface area contributed by atoms with Crippen molar-refractivity contribution in [2.45, 2.75) is 19.6 Å². The Labute approximate surface area is 85.9 Å². The van der Waals surface area contributed by atoms with Gasteiger partial charge in [0.15, 0.2) is 0 Å². The summed E-state index contributed by atoms with van der Waals surface area (Å²) in [4.78, 5) is 0. The molecule has 1 nitrogen and oxygen atoms in total. The van der Waals surface area contributed by atoms with Crippen LogP contribution in [0.5, 0.6) is 0 Å². The van der Waals surface area contributed by atoms with E-state index in [1.54, 1.807) is 0 Å². The second-order valence-corrected chi connectivity index (χ2v) is 11.6. The van der Waals surface area contributed by atoms with Crippen LogP contribution < -0.4 is 0 Å². The maximum absolute atomic E-state index is 2.46. The van der Waals surface area contributed by atoms with Crippen molar-refractivity contribution >= 4 is 30.7 Å². The number of nitrogens with zero attached hydrogens (tertiary/aromatic N) is 1. The van der Waals surface area contributed by atoms with Gasteiger partial charge < -0.3 is 4.48 Å². The van der Waals surface area contributed by atoms with Crippen molar-refractivity contribution in [1.82, 2.24) is 0 Å². The Kier molecular flexibility index (Phi) is 4.58. The summed E-state index contributed by atoms with van der Waals surface area (Å²) in [6, 6.07) is 0. The van der Waals surface area contributed by atoms with Crippen molar-refractivity contribution in [2.24, 2.45) is 0 Å². The molecular weight excluding hydrogens is 265 g/mol. The van der Waals surface area contributed by atoms with E-state index in [1.807, 2.05) is 0 Å². The van der Waals surface area contributed by atoms with Crippen LogP contribution in [-0.4, -0.2) is 43.8 Å². The van der Waals surface area contributed by atoms with E-state index in [0.29, 0.717) is 0 Å². The van der Waals surface area contributed by atoms with Gasteiger partial charge in [0, 0.05) is 4.43 Å². The molecule has 0 aliphatic rings. The van der Waals surface area contributed by atoms with E-state index < -0.39 is 8.07 Å². The average Bonchev–Trinajstić information content (AvgIpc) is 1.55. The normalized spacial score (nSPS) is 13.6. The Morgan fingerprint density at radius 3 is 1.91 bits per heavy atom. The summed E-state index contributed by atoms with van der Waals surface area (Å²) in [5.41, 5.74) is 0. The fraction of sp³-hybridized carbons (Fsp3) is 1.00. The van der Waals surface area contributed by atoms with Gasteiger partial charge in [0.1, 0.15) is 8.07 Å². The first-order valence-electron chi connectivity index (χ1n) is 4.15. The number of quaternary nitrogens is 1. The first-order chi connectivity index (χ1) is 4.77. The molecule has 68 valence electrons. The monoisotopic (exact) mass is 286 g/mol. The minimum absolute atomic E-state index is 0.861. The second-order valence-electron chi connectivity index (χ2n) is 5.07. The maximum atomic E-state index is 2.46. The molecule has 0 saturated heterocycles. The summed E-state index contributed by atoms with van der Waals surface area (Å²) in [6.45, 7) is 8.64. The van der Waals surface area contributed by atoms with Crippen LogP contribution in [0.1, 0.15) is 0 Å². The lowest BCUT2D eigenvalue weighted by Crippen LogP contribution is -2.51. The number of hydrogen-bond donors (Lipinski definition) is 0. The van der Waals surface area contributed by atoms with Gasteiger partial charge in [0.2, 0.25) is 0 Å². The van der Waals surface area contributed by atoms with Gasteiger partial charge in [-0.25, -0.2) is 0 Å². The topological polar surface area (TPSA) is 0 Å². The van der Waals surface area contributed by atoms with Crippen molar-refractivity contribution in [3.8, 4) is 0 Å². The van der Waals surface area contributed by atoms with Crippen LogP contribution in [0.3, 0.4) is 0 Å². The molecule has 0 aromatic heterocycles. The van der Waals surface area contributed by atoms with Gasteiger partial charge >= 0.3 is 0 Å². The first-order valence-corrected chi connectivity index (χ1v) is 9.38. The zero-order valence-electron chi connectivity index (χ0n) is 8.45. The molecule has 0 spiro atoms. The quantitative estimate of drug-likeness (QED) is 0.322. The molecular formula is C8H21INSi+. The zero-order valence-corrected chi connectivity index (χ0v) is 11.6. The summed E-state index contributed by atoms with van der Waals surface area (Å²) >= 11 is 2.46. The van der Waals surface area contributed by atoms with E-state index in [4.69, 9.17) is 0 Å². The molecule has 3 heteroatoms. The molecule has 0 saturated carbocycles. The Morgan fingerprint density at radius 2 is 1.64 bits per heavy atom. The van der Waals surface area contributed by atoms with Crippen LogP contribution in [0.2, 0.25) is 19.6 Å². The Morgan fingerprint density at radius 1 is 1.18 bits per heavy atom. The Balaban J connectivity index is 3.91. The summed E-state index contributed by atoms with van der Waals surface area (Å²) < 4.78 is 2.48. The number of alkyl halides is 1. The van der Waals surface area contributed by atoms with E-state index in [-0.39, 0.29) is 0 Å². The van der Waals surface area contributed by atoms with Crippen LogP contribution in [0.15, 0.2) is 0 Å². The van der Waals surface area contributed by atoms with Crippen molar-refractivity contribution in [3.05, 3.63) is 0 Å². The van der Waals surface area contributed by atoms with E-state index in [0.717, 1.165) is 0 Å². The molecule has 0 aromatic carbocycles. The third-order valence-electron chi connectivity index (χ3n) is 1.59. The standard InChI is InChI=1S/C8H21INSi/c1-10(2,7-6-9)8-11(3,4)5/h6-8H2,1-5H3/q+1. The fourth-order valence-electron chi connectivity index (χ4n) is 1.59. The number of hydrogen-bond acceptors (Lipinski definition) is 0. The van der Waals surface area contributed by atoms with Gasteiger partial charge in [0.25, 0.3) is 0 Å². The lowest BCUT2D eigenvalue weighted by Gasteiger charge is -2.34. The molecule has 0 heterocycles. The minimum atomic E-state index is -0.861. The molecule has 0 fully saturated rings. The van der Waals surface area contributed by atoms with Crippen molar-refractivity contribution < 1.29 is 4.48 Å². The molecule has 0 rings (SSSR count). The highest BCUT2D eigenvalue weighted by Crippen LogP contribution is 2.08. The fourth-order valence-corrected chi connectivity index (χ4v) is 5.62. The largest absolute Gasteiger partial charge is 0.331 e. The molecule has 0 unspecified atom stereocenters. The van der Waals surface area contributed by atoms with Crippen molar-refractivity contribution in [3.63, 3.8) is 0 Å². The Bertz CT molecular complexity index is 118. The molecule has 0 amide bonds. The average molecular weight is 286 g/mol. The van der Waals surface area contributed by atoms with Gasteiger partial charge in [0.05, 0.1) is 26.8 Å². The molecule has 0 bridgehead atoms. The lowest BCUT2D eigenvalue weighted by molar-refractivity contribution is -0.877. The third kappa shape index (κ3) is 7.27. The highest BCUT2D eigenvalue weighted by atomic mass is 127.